The van der Waals surface area contributed by atoms with Gasteiger partial charge in [-0.05, 0) is 31.4 Å². The van der Waals surface area contributed by atoms with Crippen molar-refractivity contribution in [3.63, 3.8) is 0 Å². The quantitative estimate of drug-likeness (QED) is 0.904. The molecule has 1 heterocycles. The molecule has 1 saturated carbocycles. The van der Waals surface area contributed by atoms with Gasteiger partial charge in [-0.25, -0.2) is 13.8 Å². The van der Waals surface area contributed by atoms with Crippen molar-refractivity contribution in [2.24, 2.45) is 5.73 Å². The Morgan fingerprint density at radius 3 is 2.72 bits per heavy atom. The van der Waals surface area contributed by atoms with Crippen LogP contribution >= 0.6 is 11.3 Å². The SMILES string of the molecule is NC1(c2nc(-c3cccc(F)c3F)cs2)CCC1. The maximum absolute atomic E-state index is 13.6. The van der Waals surface area contributed by atoms with Gasteiger partial charge >= 0.3 is 0 Å². The van der Waals surface area contributed by atoms with E-state index in [4.69, 9.17) is 5.73 Å². The largest absolute Gasteiger partial charge is 0.319 e. The normalized spacial score (nSPS) is 17.5. The van der Waals surface area contributed by atoms with Gasteiger partial charge in [-0.2, -0.15) is 0 Å². The zero-order valence-electron chi connectivity index (χ0n) is 9.62. The zero-order valence-corrected chi connectivity index (χ0v) is 10.4. The van der Waals surface area contributed by atoms with Crippen LogP contribution in [0.1, 0.15) is 24.3 Å². The number of halogens is 2. The lowest BCUT2D eigenvalue weighted by molar-refractivity contribution is 0.253. The third-order valence-electron chi connectivity index (χ3n) is 3.40. The Hall–Kier alpha value is -1.33. The van der Waals surface area contributed by atoms with E-state index in [1.54, 1.807) is 5.38 Å². The molecule has 0 amide bonds. The number of benzene rings is 1. The molecule has 1 aliphatic rings. The van der Waals surface area contributed by atoms with E-state index in [1.807, 2.05) is 0 Å². The number of rotatable bonds is 2. The number of thiazole rings is 1. The van der Waals surface area contributed by atoms with Crippen molar-refractivity contribution < 1.29 is 8.78 Å². The Balaban J connectivity index is 2.00. The molecule has 1 aromatic carbocycles. The summed E-state index contributed by atoms with van der Waals surface area (Å²) < 4.78 is 26.8. The molecule has 2 nitrogen and oxygen atoms in total. The van der Waals surface area contributed by atoms with E-state index in [9.17, 15) is 8.78 Å². The first-order valence-corrected chi connectivity index (χ1v) is 6.67. The van der Waals surface area contributed by atoms with Gasteiger partial charge in [-0.3, -0.25) is 0 Å². The predicted octanol–water partition coefficient (Wildman–Crippen LogP) is 3.43. The highest BCUT2D eigenvalue weighted by Gasteiger charge is 2.37. The van der Waals surface area contributed by atoms with E-state index in [1.165, 1.54) is 23.5 Å². The van der Waals surface area contributed by atoms with E-state index in [2.05, 4.69) is 4.98 Å². The minimum absolute atomic E-state index is 0.195. The molecule has 2 N–H and O–H groups in total. The number of nitrogens with two attached hydrogens (primary N) is 1. The molecule has 0 bridgehead atoms. The summed E-state index contributed by atoms with van der Waals surface area (Å²) >= 11 is 1.42. The van der Waals surface area contributed by atoms with Gasteiger partial charge in [-0.15, -0.1) is 11.3 Å². The van der Waals surface area contributed by atoms with Gasteiger partial charge in [0.25, 0.3) is 0 Å². The van der Waals surface area contributed by atoms with Gasteiger partial charge in [0.05, 0.1) is 11.2 Å². The summed E-state index contributed by atoms with van der Waals surface area (Å²) in [6.45, 7) is 0. The highest BCUT2D eigenvalue weighted by atomic mass is 32.1. The van der Waals surface area contributed by atoms with Gasteiger partial charge < -0.3 is 5.73 Å². The maximum Gasteiger partial charge on any atom is 0.168 e. The highest BCUT2D eigenvalue weighted by Crippen LogP contribution is 2.41. The van der Waals surface area contributed by atoms with Crippen LogP contribution in [0.4, 0.5) is 8.78 Å². The molecule has 0 radical (unpaired) electrons. The summed E-state index contributed by atoms with van der Waals surface area (Å²) in [5, 5.41) is 2.55. The smallest absolute Gasteiger partial charge is 0.168 e. The maximum atomic E-state index is 13.6. The fourth-order valence-electron chi connectivity index (χ4n) is 2.10. The molecular formula is C13H12F2N2S. The number of aromatic nitrogens is 1. The lowest BCUT2D eigenvalue weighted by Gasteiger charge is -2.35. The van der Waals surface area contributed by atoms with E-state index < -0.39 is 11.6 Å². The van der Waals surface area contributed by atoms with Crippen LogP contribution < -0.4 is 5.73 Å². The molecule has 2 aromatic rings. The van der Waals surface area contributed by atoms with Crippen LogP contribution in [0.3, 0.4) is 0 Å². The molecule has 3 rings (SSSR count). The number of hydrogen-bond donors (Lipinski definition) is 1. The zero-order chi connectivity index (χ0) is 12.8. The summed E-state index contributed by atoms with van der Waals surface area (Å²) in [5.74, 6) is -1.71. The second-order valence-electron chi connectivity index (χ2n) is 4.65. The average Bonchev–Trinajstić information content (AvgIpc) is 2.79. The van der Waals surface area contributed by atoms with Crippen LogP contribution in [0, 0.1) is 11.6 Å². The van der Waals surface area contributed by atoms with Crippen molar-refractivity contribution in [1.29, 1.82) is 0 Å². The molecule has 0 saturated heterocycles. The highest BCUT2D eigenvalue weighted by molar-refractivity contribution is 7.10. The Bertz CT molecular complexity index is 590. The first-order chi connectivity index (χ1) is 8.60. The molecule has 1 aliphatic carbocycles. The Labute approximate surface area is 107 Å². The first-order valence-electron chi connectivity index (χ1n) is 5.79. The molecule has 1 fully saturated rings. The van der Waals surface area contributed by atoms with Crippen LogP contribution in [0.5, 0.6) is 0 Å². The van der Waals surface area contributed by atoms with Crippen molar-refractivity contribution in [2.45, 2.75) is 24.8 Å². The molecule has 94 valence electrons. The minimum atomic E-state index is -0.854. The standard InChI is InChI=1S/C13H12F2N2S/c14-9-4-1-3-8(11(9)15)10-7-18-12(17-10)13(16)5-2-6-13/h1,3-4,7H,2,5-6,16H2. The van der Waals surface area contributed by atoms with Crippen LogP contribution in [-0.4, -0.2) is 4.98 Å². The summed E-state index contributed by atoms with van der Waals surface area (Å²) in [4.78, 5) is 4.36. The van der Waals surface area contributed by atoms with E-state index >= 15 is 0 Å². The summed E-state index contributed by atoms with van der Waals surface area (Å²) in [6, 6.07) is 4.11. The molecule has 0 aliphatic heterocycles. The topological polar surface area (TPSA) is 38.9 Å². The first kappa shape index (κ1) is 11.7. The number of hydrogen-bond acceptors (Lipinski definition) is 3. The Morgan fingerprint density at radius 2 is 2.06 bits per heavy atom. The molecule has 0 atom stereocenters. The molecule has 0 unspecified atom stereocenters. The summed E-state index contributed by atoms with van der Waals surface area (Å²) in [5.41, 5.74) is 6.47. The van der Waals surface area contributed by atoms with Gasteiger partial charge in [-0.1, -0.05) is 6.07 Å². The minimum Gasteiger partial charge on any atom is -0.319 e. The van der Waals surface area contributed by atoms with E-state index in [-0.39, 0.29) is 11.1 Å². The van der Waals surface area contributed by atoms with Crippen molar-refractivity contribution in [3.05, 3.63) is 40.2 Å². The second kappa shape index (κ2) is 4.10. The Morgan fingerprint density at radius 1 is 1.28 bits per heavy atom. The Kier molecular flexibility index (Phi) is 2.68. The molecular weight excluding hydrogens is 254 g/mol. The molecule has 0 spiro atoms. The molecule has 18 heavy (non-hydrogen) atoms. The fourth-order valence-corrected chi connectivity index (χ4v) is 3.09. The van der Waals surface area contributed by atoms with Gasteiger partial charge in [0.15, 0.2) is 11.6 Å². The van der Waals surface area contributed by atoms with Gasteiger partial charge in [0.2, 0.25) is 0 Å². The van der Waals surface area contributed by atoms with Crippen molar-refractivity contribution in [2.75, 3.05) is 0 Å². The third-order valence-corrected chi connectivity index (χ3v) is 4.47. The lowest BCUT2D eigenvalue weighted by atomic mass is 9.78. The summed E-state index contributed by atoms with van der Waals surface area (Å²) in [6.07, 6.45) is 2.91. The van der Waals surface area contributed by atoms with E-state index in [0.717, 1.165) is 30.3 Å². The number of nitrogens with zero attached hydrogens (tertiary/aromatic N) is 1. The monoisotopic (exact) mass is 266 g/mol. The lowest BCUT2D eigenvalue weighted by Crippen LogP contribution is -2.43. The van der Waals surface area contributed by atoms with Crippen LogP contribution in [-0.2, 0) is 5.54 Å². The average molecular weight is 266 g/mol. The molecule has 1 aromatic heterocycles. The van der Waals surface area contributed by atoms with Crippen molar-refractivity contribution >= 4 is 11.3 Å². The predicted molar refractivity (Wildman–Crippen MR) is 67.2 cm³/mol. The third kappa shape index (κ3) is 1.74. The second-order valence-corrected chi connectivity index (χ2v) is 5.51. The fraction of sp³-hybridized carbons (Fsp3) is 0.308. The van der Waals surface area contributed by atoms with Crippen LogP contribution in [0.2, 0.25) is 0 Å². The van der Waals surface area contributed by atoms with Crippen LogP contribution in [0.25, 0.3) is 11.3 Å². The summed E-state index contributed by atoms with van der Waals surface area (Å²) in [7, 11) is 0. The van der Waals surface area contributed by atoms with Crippen molar-refractivity contribution in [1.82, 2.24) is 4.98 Å². The van der Waals surface area contributed by atoms with Crippen LogP contribution in [0.15, 0.2) is 23.6 Å². The van der Waals surface area contributed by atoms with Gasteiger partial charge in [0, 0.05) is 10.9 Å². The molecule has 5 heteroatoms. The van der Waals surface area contributed by atoms with Crippen molar-refractivity contribution in [3.8, 4) is 11.3 Å². The van der Waals surface area contributed by atoms with Gasteiger partial charge in [0.1, 0.15) is 5.01 Å². The van der Waals surface area contributed by atoms with E-state index in [0.29, 0.717) is 5.69 Å².